The molecule has 0 saturated heterocycles. The highest BCUT2D eigenvalue weighted by Crippen LogP contribution is 2.22. The van der Waals surface area contributed by atoms with Crippen LogP contribution in [-0.4, -0.2) is 19.7 Å². The quantitative estimate of drug-likeness (QED) is 0.809. The van der Waals surface area contributed by atoms with E-state index in [-0.39, 0.29) is 0 Å². The van der Waals surface area contributed by atoms with E-state index in [0.29, 0.717) is 6.04 Å². The highest BCUT2D eigenvalue weighted by atomic mass is 16.5. The van der Waals surface area contributed by atoms with E-state index in [1.165, 1.54) is 50.5 Å². The average Bonchev–Trinajstić information content (AvgIpc) is 2.41. The van der Waals surface area contributed by atoms with Crippen LogP contribution in [0.1, 0.15) is 50.5 Å². The molecule has 112 valence electrons. The van der Waals surface area contributed by atoms with Crippen molar-refractivity contribution in [3.63, 3.8) is 0 Å². The molecule has 2 rings (SSSR count). The van der Waals surface area contributed by atoms with Crippen molar-refractivity contribution in [1.82, 2.24) is 5.32 Å². The first kappa shape index (κ1) is 15.2. The van der Waals surface area contributed by atoms with Crippen LogP contribution in [0.4, 0.5) is 5.69 Å². The van der Waals surface area contributed by atoms with E-state index in [2.05, 4.69) is 11.4 Å². The van der Waals surface area contributed by atoms with Crippen LogP contribution in [0.25, 0.3) is 0 Å². The molecule has 0 atom stereocenters. The number of methoxy groups -OCH3 is 1. The number of hydrogen-bond acceptors (Lipinski definition) is 3. The van der Waals surface area contributed by atoms with Gasteiger partial charge in [-0.25, -0.2) is 0 Å². The zero-order chi connectivity index (χ0) is 14.2. The summed E-state index contributed by atoms with van der Waals surface area (Å²) < 4.78 is 5.18. The molecule has 0 radical (unpaired) electrons. The number of benzene rings is 1. The lowest BCUT2D eigenvalue weighted by Gasteiger charge is -2.21. The lowest BCUT2D eigenvalue weighted by Crippen LogP contribution is -2.31. The normalized spacial score (nSPS) is 17.4. The van der Waals surface area contributed by atoms with Gasteiger partial charge in [0.1, 0.15) is 5.75 Å². The van der Waals surface area contributed by atoms with Crippen molar-refractivity contribution in [1.29, 1.82) is 0 Å². The molecule has 0 aromatic heterocycles. The number of nitrogens with one attached hydrogen (secondary N) is 1. The van der Waals surface area contributed by atoms with Crippen LogP contribution in [0.3, 0.4) is 0 Å². The Morgan fingerprint density at radius 1 is 1.15 bits per heavy atom. The first-order chi connectivity index (χ1) is 9.79. The lowest BCUT2D eigenvalue weighted by molar-refractivity contribution is 0.392. The van der Waals surface area contributed by atoms with Crippen LogP contribution in [0.5, 0.6) is 5.75 Å². The summed E-state index contributed by atoms with van der Waals surface area (Å²) in [5.41, 5.74) is 7.95. The monoisotopic (exact) mass is 276 g/mol. The number of anilines is 1. The van der Waals surface area contributed by atoms with Crippen molar-refractivity contribution in [3.8, 4) is 5.75 Å². The molecule has 1 saturated carbocycles. The van der Waals surface area contributed by atoms with Gasteiger partial charge >= 0.3 is 0 Å². The molecule has 0 unspecified atom stereocenters. The SMILES string of the molecule is COc1ccc(CCNC2CCCCCCC2)cc1N. The molecule has 3 nitrogen and oxygen atoms in total. The maximum Gasteiger partial charge on any atom is 0.141 e. The standard InChI is InChI=1S/C17H28N2O/c1-20-17-10-9-14(13-16(17)18)11-12-19-15-7-5-3-2-4-6-8-15/h9-10,13,15,19H,2-8,11-12,18H2,1H3. The number of rotatable bonds is 5. The Kier molecular flexibility index (Phi) is 6.19. The zero-order valence-corrected chi connectivity index (χ0v) is 12.7. The average molecular weight is 276 g/mol. The van der Waals surface area contributed by atoms with Crippen LogP contribution in [0.15, 0.2) is 18.2 Å². The van der Waals surface area contributed by atoms with Gasteiger partial charge in [0.2, 0.25) is 0 Å². The van der Waals surface area contributed by atoms with Gasteiger partial charge in [-0.3, -0.25) is 0 Å². The summed E-state index contributed by atoms with van der Waals surface area (Å²) in [5, 5.41) is 3.71. The van der Waals surface area contributed by atoms with Gasteiger partial charge in [-0.05, 0) is 43.5 Å². The minimum absolute atomic E-state index is 0.714. The fourth-order valence-electron chi connectivity index (χ4n) is 3.02. The van der Waals surface area contributed by atoms with Crippen molar-refractivity contribution < 1.29 is 4.74 Å². The topological polar surface area (TPSA) is 47.3 Å². The molecule has 1 aromatic carbocycles. The summed E-state index contributed by atoms with van der Waals surface area (Å²) in [6.45, 7) is 1.04. The molecule has 0 heterocycles. The number of hydrogen-bond donors (Lipinski definition) is 2. The molecule has 0 spiro atoms. The third-order valence-corrected chi connectivity index (χ3v) is 4.25. The first-order valence-electron chi connectivity index (χ1n) is 7.95. The third-order valence-electron chi connectivity index (χ3n) is 4.25. The maximum absolute atomic E-state index is 5.94. The van der Waals surface area contributed by atoms with E-state index in [0.717, 1.165) is 24.4 Å². The number of ether oxygens (including phenoxy) is 1. The molecule has 1 aliphatic rings. The fourth-order valence-corrected chi connectivity index (χ4v) is 3.02. The number of nitrogen functional groups attached to an aromatic ring is 1. The summed E-state index contributed by atoms with van der Waals surface area (Å²) in [5.74, 6) is 0.765. The fraction of sp³-hybridized carbons (Fsp3) is 0.647. The van der Waals surface area contributed by atoms with Crippen LogP contribution < -0.4 is 15.8 Å². The lowest BCUT2D eigenvalue weighted by atomic mass is 9.96. The molecule has 0 aliphatic heterocycles. The van der Waals surface area contributed by atoms with Gasteiger partial charge in [0, 0.05) is 6.04 Å². The molecule has 0 bridgehead atoms. The van der Waals surface area contributed by atoms with Crippen molar-refractivity contribution in [3.05, 3.63) is 23.8 Å². The van der Waals surface area contributed by atoms with Gasteiger partial charge in [-0.1, -0.05) is 38.2 Å². The molecular weight excluding hydrogens is 248 g/mol. The van der Waals surface area contributed by atoms with E-state index in [9.17, 15) is 0 Å². The maximum atomic E-state index is 5.94. The Morgan fingerprint density at radius 3 is 2.50 bits per heavy atom. The minimum atomic E-state index is 0.714. The van der Waals surface area contributed by atoms with Crippen LogP contribution >= 0.6 is 0 Å². The van der Waals surface area contributed by atoms with Crippen molar-refractivity contribution >= 4 is 5.69 Å². The van der Waals surface area contributed by atoms with Gasteiger partial charge in [0.25, 0.3) is 0 Å². The van der Waals surface area contributed by atoms with Crippen molar-refractivity contribution in [2.45, 2.75) is 57.4 Å². The third kappa shape index (κ3) is 4.71. The largest absolute Gasteiger partial charge is 0.495 e. The van der Waals surface area contributed by atoms with Crippen LogP contribution in [0.2, 0.25) is 0 Å². The Bertz CT molecular complexity index is 398. The van der Waals surface area contributed by atoms with Crippen LogP contribution in [-0.2, 0) is 6.42 Å². The van der Waals surface area contributed by atoms with Gasteiger partial charge < -0.3 is 15.8 Å². The summed E-state index contributed by atoms with van der Waals surface area (Å²) in [6.07, 6.45) is 10.7. The highest BCUT2D eigenvalue weighted by molar-refractivity contribution is 5.54. The molecule has 1 aromatic rings. The summed E-state index contributed by atoms with van der Waals surface area (Å²) in [4.78, 5) is 0. The first-order valence-corrected chi connectivity index (χ1v) is 7.95. The second-order valence-electron chi connectivity index (χ2n) is 5.82. The summed E-state index contributed by atoms with van der Waals surface area (Å²) in [6, 6.07) is 6.81. The molecule has 3 N–H and O–H groups in total. The molecule has 1 aliphatic carbocycles. The van der Waals surface area contributed by atoms with Gasteiger partial charge in [-0.15, -0.1) is 0 Å². The Balaban J connectivity index is 1.75. The van der Waals surface area contributed by atoms with E-state index >= 15 is 0 Å². The Hall–Kier alpha value is -1.22. The van der Waals surface area contributed by atoms with E-state index in [1.54, 1.807) is 7.11 Å². The van der Waals surface area contributed by atoms with Gasteiger partial charge in [-0.2, -0.15) is 0 Å². The molecule has 1 fully saturated rings. The number of nitrogens with two attached hydrogens (primary N) is 1. The Labute approximate surface area is 122 Å². The van der Waals surface area contributed by atoms with Crippen LogP contribution in [0, 0.1) is 0 Å². The van der Waals surface area contributed by atoms with Gasteiger partial charge in [0.05, 0.1) is 12.8 Å². The molecule has 20 heavy (non-hydrogen) atoms. The van der Waals surface area contributed by atoms with E-state index < -0.39 is 0 Å². The summed E-state index contributed by atoms with van der Waals surface area (Å²) in [7, 11) is 1.65. The molecular formula is C17H28N2O. The smallest absolute Gasteiger partial charge is 0.141 e. The molecule has 0 amide bonds. The Morgan fingerprint density at radius 2 is 1.85 bits per heavy atom. The van der Waals surface area contributed by atoms with E-state index in [1.807, 2.05) is 12.1 Å². The predicted molar refractivity (Wildman–Crippen MR) is 85.2 cm³/mol. The van der Waals surface area contributed by atoms with Crippen molar-refractivity contribution in [2.24, 2.45) is 0 Å². The molecule has 3 heteroatoms. The minimum Gasteiger partial charge on any atom is -0.495 e. The predicted octanol–water partition coefficient (Wildman–Crippen LogP) is 3.52. The second kappa shape index (κ2) is 8.15. The second-order valence-corrected chi connectivity index (χ2v) is 5.82. The van der Waals surface area contributed by atoms with E-state index in [4.69, 9.17) is 10.5 Å². The highest BCUT2D eigenvalue weighted by Gasteiger charge is 2.10. The zero-order valence-electron chi connectivity index (χ0n) is 12.7. The summed E-state index contributed by atoms with van der Waals surface area (Å²) >= 11 is 0. The van der Waals surface area contributed by atoms with Gasteiger partial charge in [0.15, 0.2) is 0 Å². The van der Waals surface area contributed by atoms with Crippen molar-refractivity contribution in [2.75, 3.05) is 19.4 Å².